The molecule has 2 aliphatic heterocycles. The van der Waals surface area contributed by atoms with E-state index in [-0.39, 0.29) is 18.0 Å². The van der Waals surface area contributed by atoms with E-state index in [4.69, 9.17) is 31.2 Å². The molecule has 0 amide bonds. The summed E-state index contributed by atoms with van der Waals surface area (Å²) in [7, 11) is -3.60. The number of hydrogen-bond donors (Lipinski definition) is 0. The minimum absolute atomic E-state index is 0.235. The zero-order chi connectivity index (χ0) is 21.7. The van der Waals surface area contributed by atoms with Gasteiger partial charge in [0, 0.05) is 42.8 Å². The fraction of sp³-hybridized carbons (Fsp3) is 0.739. The van der Waals surface area contributed by atoms with Gasteiger partial charge in [-0.3, -0.25) is 0 Å². The van der Waals surface area contributed by atoms with Gasteiger partial charge in [0.1, 0.15) is 0 Å². The van der Waals surface area contributed by atoms with Crippen LogP contribution in [-0.2, 0) is 29.6 Å². The number of nitrogens with zero attached hydrogens (tertiary/aromatic N) is 1. The first kappa shape index (κ1) is 20.6. The van der Waals surface area contributed by atoms with Crippen molar-refractivity contribution < 1.29 is 28.0 Å². The SMILES string of the molecule is O=S(=O)(c1ccc(Cl)cc1)N1CCC2(CC1)OOC1(OO2)C2CC3CC4CC(C3C2)C1C4. The van der Waals surface area contributed by atoms with Crippen molar-refractivity contribution in [2.45, 2.75) is 61.4 Å². The molecule has 9 heteroatoms. The molecule has 6 aliphatic rings. The van der Waals surface area contributed by atoms with E-state index in [2.05, 4.69) is 0 Å². The van der Waals surface area contributed by atoms with Crippen molar-refractivity contribution in [3.63, 3.8) is 0 Å². The lowest BCUT2D eigenvalue weighted by atomic mass is 9.68. The average molecular weight is 482 g/mol. The van der Waals surface area contributed by atoms with Crippen LogP contribution in [0, 0.1) is 35.5 Å². The summed E-state index contributed by atoms with van der Waals surface area (Å²) in [6, 6.07) is 6.25. The molecule has 1 aromatic rings. The van der Waals surface area contributed by atoms with Crippen molar-refractivity contribution in [3.8, 4) is 0 Å². The molecule has 0 aromatic heterocycles. The fourth-order valence-corrected chi connectivity index (χ4v) is 9.45. The van der Waals surface area contributed by atoms with E-state index < -0.39 is 21.6 Å². The van der Waals surface area contributed by atoms with Gasteiger partial charge in [-0.25, -0.2) is 8.42 Å². The summed E-state index contributed by atoms with van der Waals surface area (Å²) < 4.78 is 27.5. The van der Waals surface area contributed by atoms with Crippen LogP contribution in [0.3, 0.4) is 0 Å². The van der Waals surface area contributed by atoms with Crippen molar-refractivity contribution in [1.29, 1.82) is 0 Å². The van der Waals surface area contributed by atoms with Gasteiger partial charge in [0.25, 0.3) is 0 Å². The average Bonchev–Trinajstić information content (AvgIpc) is 3.38. The molecule has 2 saturated heterocycles. The molecule has 1 aromatic carbocycles. The molecule has 4 bridgehead atoms. The number of piperidine rings is 1. The summed E-state index contributed by atoms with van der Waals surface area (Å²) in [5, 5.41) is 0.506. The van der Waals surface area contributed by atoms with E-state index in [1.165, 1.54) is 29.3 Å². The Labute approximate surface area is 193 Å². The number of fused-ring (bicyclic) bond motifs is 4. The van der Waals surface area contributed by atoms with Crippen molar-refractivity contribution in [2.24, 2.45) is 35.5 Å². The second kappa shape index (κ2) is 6.90. The minimum Gasteiger partial charge on any atom is -0.207 e. The molecule has 174 valence electrons. The molecule has 2 spiro atoms. The minimum atomic E-state index is -3.60. The smallest absolute Gasteiger partial charge is 0.207 e. The lowest BCUT2D eigenvalue weighted by Gasteiger charge is -2.52. The van der Waals surface area contributed by atoms with Gasteiger partial charge in [-0.1, -0.05) is 11.6 Å². The van der Waals surface area contributed by atoms with Gasteiger partial charge in [0.15, 0.2) is 0 Å². The van der Waals surface area contributed by atoms with Crippen LogP contribution in [0.4, 0.5) is 0 Å². The van der Waals surface area contributed by atoms with E-state index in [1.54, 1.807) is 12.1 Å². The number of benzene rings is 1. The van der Waals surface area contributed by atoms with E-state index in [0.717, 1.165) is 37.0 Å². The maximum absolute atomic E-state index is 13.0. The van der Waals surface area contributed by atoms with Crippen LogP contribution in [0.1, 0.15) is 44.9 Å². The highest BCUT2D eigenvalue weighted by Gasteiger charge is 2.70. The monoisotopic (exact) mass is 481 g/mol. The van der Waals surface area contributed by atoms with Crippen LogP contribution < -0.4 is 0 Å². The zero-order valence-electron chi connectivity index (χ0n) is 17.8. The molecule has 6 unspecified atom stereocenters. The van der Waals surface area contributed by atoms with Crippen LogP contribution in [0.5, 0.6) is 0 Å². The largest absolute Gasteiger partial charge is 0.243 e. The summed E-state index contributed by atoms with van der Waals surface area (Å²) in [4.78, 5) is 24.6. The Bertz CT molecular complexity index is 1010. The highest BCUT2D eigenvalue weighted by molar-refractivity contribution is 7.89. The number of rotatable bonds is 2. The molecule has 0 N–H and O–H groups in total. The first-order chi connectivity index (χ1) is 15.4. The number of halogens is 1. The summed E-state index contributed by atoms with van der Waals surface area (Å²) >= 11 is 5.90. The first-order valence-electron chi connectivity index (χ1n) is 11.9. The number of sulfonamides is 1. The van der Waals surface area contributed by atoms with Crippen LogP contribution in [0.15, 0.2) is 29.2 Å². The molecule has 6 atom stereocenters. The summed E-state index contributed by atoms with van der Waals surface area (Å²) in [6.45, 7) is 0.540. The van der Waals surface area contributed by atoms with Crippen molar-refractivity contribution in [3.05, 3.63) is 29.3 Å². The summed E-state index contributed by atoms with van der Waals surface area (Å²) in [5.41, 5.74) is 0. The number of hydrogen-bond acceptors (Lipinski definition) is 6. The lowest BCUT2D eigenvalue weighted by Crippen LogP contribution is -2.62. The maximum atomic E-state index is 13.0. The van der Waals surface area contributed by atoms with Crippen LogP contribution in [0.2, 0.25) is 5.02 Å². The van der Waals surface area contributed by atoms with Crippen molar-refractivity contribution in [1.82, 2.24) is 4.31 Å². The van der Waals surface area contributed by atoms with Gasteiger partial charge in [-0.15, -0.1) is 0 Å². The maximum Gasteiger partial charge on any atom is 0.243 e. The van der Waals surface area contributed by atoms with Gasteiger partial charge < -0.3 is 0 Å². The van der Waals surface area contributed by atoms with Gasteiger partial charge in [0.2, 0.25) is 21.6 Å². The Kier molecular flexibility index (Phi) is 4.45. The molecule has 0 radical (unpaired) electrons. The Balaban J connectivity index is 1.06. The predicted octanol–water partition coefficient (Wildman–Crippen LogP) is 4.13. The Morgan fingerprint density at radius 1 is 0.875 bits per heavy atom. The Morgan fingerprint density at radius 2 is 1.59 bits per heavy atom. The van der Waals surface area contributed by atoms with Gasteiger partial charge in [-0.2, -0.15) is 23.9 Å². The molecule has 4 saturated carbocycles. The molecular formula is C23H28ClNO6S. The molecule has 7 rings (SSSR count). The van der Waals surface area contributed by atoms with Gasteiger partial charge in [-0.05, 0) is 80.0 Å². The molecule has 4 aliphatic carbocycles. The zero-order valence-corrected chi connectivity index (χ0v) is 19.4. The van der Waals surface area contributed by atoms with Crippen molar-refractivity contribution in [2.75, 3.05) is 13.1 Å². The second-order valence-electron chi connectivity index (χ2n) is 10.8. The molecule has 7 nitrogen and oxygen atoms in total. The molecule has 32 heavy (non-hydrogen) atoms. The van der Waals surface area contributed by atoms with E-state index in [9.17, 15) is 8.42 Å². The Hall–Kier alpha value is -0.740. The van der Waals surface area contributed by atoms with Crippen LogP contribution in [-0.4, -0.2) is 37.4 Å². The highest BCUT2D eigenvalue weighted by atomic mass is 35.5. The van der Waals surface area contributed by atoms with Crippen LogP contribution in [0.25, 0.3) is 0 Å². The molecule has 2 heterocycles. The Morgan fingerprint density at radius 3 is 2.31 bits per heavy atom. The first-order valence-corrected chi connectivity index (χ1v) is 13.7. The van der Waals surface area contributed by atoms with Gasteiger partial charge >= 0.3 is 0 Å². The van der Waals surface area contributed by atoms with E-state index in [0.29, 0.717) is 35.6 Å². The normalized spacial score (nSPS) is 41.5. The summed E-state index contributed by atoms with van der Waals surface area (Å²) in [5.74, 6) is 1.88. The quantitative estimate of drug-likeness (QED) is 0.591. The summed E-state index contributed by atoms with van der Waals surface area (Å²) in [6.07, 6.45) is 6.78. The third kappa shape index (κ3) is 2.81. The standard InChI is InChI=1S/C23H28ClNO6S/c24-17-1-3-18(4-2-17)32(26,27)25-7-5-22(6-8-25)28-30-23(31-29-22)16-12-15-9-14-10-20(19(15)13-16)21(23)11-14/h1-4,14-16,19-21H,5-13H2. The van der Waals surface area contributed by atoms with Gasteiger partial charge in [0.05, 0.1) is 4.90 Å². The predicted molar refractivity (Wildman–Crippen MR) is 113 cm³/mol. The lowest BCUT2D eigenvalue weighted by molar-refractivity contribution is -0.676. The second-order valence-corrected chi connectivity index (χ2v) is 13.1. The molecule has 6 fully saturated rings. The van der Waals surface area contributed by atoms with E-state index >= 15 is 0 Å². The fourth-order valence-electron chi connectivity index (χ4n) is 7.88. The third-order valence-corrected chi connectivity index (χ3v) is 11.5. The van der Waals surface area contributed by atoms with Crippen molar-refractivity contribution >= 4 is 21.6 Å². The topological polar surface area (TPSA) is 74.3 Å². The van der Waals surface area contributed by atoms with E-state index in [1.807, 2.05) is 0 Å². The van der Waals surface area contributed by atoms with Crippen LogP contribution >= 0.6 is 11.6 Å². The molecular weight excluding hydrogens is 454 g/mol. The third-order valence-electron chi connectivity index (χ3n) is 9.31. The highest BCUT2D eigenvalue weighted by Crippen LogP contribution is 2.69.